The van der Waals surface area contributed by atoms with Gasteiger partial charge in [0.1, 0.15) is 6.04 Å². The first-order valence-corrected chi connectivity index (χ1v) is 4.00. The fourth-order valence-corrected chi connectivity index (χ4v) is 1.38. The standard InChI is InChI=1S/C7H13N3O2.ClH/c1-2-5-6(11)9-3-4-10(5)7(8)12;/h5H,2-4H2,1H3,(H2,8,12)(H,9,11);1H. The normalized spacial score (nSPS) is 21.8. The second kappa shape index (κ2) is 4.91. The van der Waals surface area contributed by atoms with Gasteiger partial charge in [-0.2, -0.15) is 0 Å². The minimum absolute atomic E-state index is 0. The minimum Gasteiger partial charge on any atom is -0.353 e. The SMILES string of the molecule is CCC1C(=O)NCCN1C(N)=O.Cl. The molecular weight excluding hydrogens is 194 g/mol. The molecule has 5 nitrogen and oxygen atoms in total. The van der Waals surface area contributed by atoms with Crippen LogP contribution in [0, 0.1) is 0 Å². The molecule has 0 spiro atoms. The molecular formula is C7H14ClN3O2. The van der Waals surface area contributed by atoms with Crippen molar-refractivity contribution in [2.24, 2.45) is 5.73 Å². The number of urea groups is 1. The molecule has 0 aromatic heterocycles. The Hall–Kier alpha value is -0.970. The van der Waals surface area contributed by atoms with E-state index in [1.54, 1.807) is 0 Å². The summed E-state index contributed by atoms with van der Waals surface area (Å²) in [5.74, 6) is -0.109. The predicted molar refractivity (Wildman–Crippen MR) is 50.6 cm³/mol. The number of primary amides is 1. The molecule has 0 saturated carbocycles. The smallest absolute Gasteiger partial charge is 0.315 e. The molecule has 0 aromatic carbocycles. The van der Waals surface area contributed by atoms with E-state index in [1.165, 1.54) is 4.90 Å². The second-order valence-electron chi connectivity index (χ2n) is 2.75. The molecule has 3 N–H and O–H groups in total. The van der Waals surface area contributed by atoms with Crippen molar-refractivity contribution in [2.45, 2.75) is 19.4 Å². The highest BCUT2D eigenvalue weighted by molar-refractivity contribution is 5.87. The first-order valence-electron chi connectivity index (χ1n) is 4.00. The number of nitrogens with two attached hydrogens (primary N) is 1. The molecule has 0 bridgehead atoms. The molecule has 3 amide bonds. The lowest BCUT2D eigenvalue weighted by Gasteiger charge is -2.32. The van der Waals surface area contributed by atoms with Crippen molar-refractivity contribution < 1.29 is 9.59 Å². The van der Waals surface area contributed by atoms with Crippen molar-refractivity contribution in [3.63, 3.8) is 0 Å². The van der Waals surface area contributed by atoms with Crippen LogP contribution in [0.15, 0.2) is 0 Å². The molecule has 1 aliphatic heterocycles. The first-order chi connectivity index (χ1) is 5.66. The third-order valence-electron chi connectivity index (χ3n) is 2.00. The first kappa shape index (κ1) is 12.0. The Morgan fingerprint density at radius 2 is 2.38 bits per heavy atom. The number of nitrogens with one attached hydrogen (secondary N) is 1. The molecule has 1 aliphatic rings. The van der Waals surface area contributed by atoms with Crippen molar-refractivity contribution >= 4 is 24.3 Å². The number of rotatable bonds is 1. The Kier molecular flexibility index (Phi) is 4.55. The van der Waals surface area contributed by atoms with Gasteiger partial charge in [0.05, 0.1) is 0 Å². The van der Waals surface area contributed by atoms with E-state index in [2.05, 4.69) is 5.32 Å². The van der Waals surface area contributed by atoms with Crippen molar-refractivity contribution in [3.8, 4) is 0 Å². The lowest BCUT2D eigenvalue weighted by Crippen LogP contribution is -2.58. The third-order valence-corrected chi connectivity index (χ3v) is 2.00. The van der Waals surface area contributed by atoms with Gasteiger partial charge in [0.15, 0.2) is 0 Å². The summed E-state index contributed by atoms with van der Waals surface area (Å²) in [6, 6.07) is -0.895. The average molecular weight is 208 g/mol. The van der Waals surface area contributed by atoms with Gasteiger partial charge >= 0.3 is 6.03 Å². The molecule has 1 heterocycles. The summed E-state index contributed by atoms with van der Waals surface area (Å²) in [4.78, 5) is 23.4. The van der Waals surface area contributed by atoms with Crippen molar-refractivity contribution in [1.29, 1.82) is 0 Å². The van der Waals surface area contributed by atoms with Gasteiger partial charge in [-0.1, -0.05) is 6.92 Å². The zero-order valence-electron chi connectivity index (χ0n) is 7.45. The fraction of sp³-hybridized carbons (Fsp3) is 0.714. The van der Waals surface area contributed by atoms with Crippen molar-refractivity contribution in [2.75, 3.05) is 13.1 Å². The third kappa shape index (κ3) is 2.48. The minimum atomic E-state index is -0.517. The number of carbonyl (C=O) groups excluding carboxylic acids is 2. The average Bonchev–Trinajstić information content (AvgIpc) is 2.03. The van der Waals surface area contributed by atoms with E-state index in [-0.39, 0.29) is 24.4 Å². The topological polar surface area (TPSA) is 75.4 Å². The maximum absolute atomic E-state index is 11.2. The van der Waals surface area contributed by atoms with Crippen LogP contribution in [0.2, 0.25) is 0 Å². The molecule has 0 radical (unpaired) electrons. The Morgan fingerprint density at radius 1 is 1.77 bits per heavy atom. The number of hydrogen-bond acceptors (Lipinski definition) is 2. The van der Waals surface area contributed by atoms with Gasteiger partial charge in [-0.15, -0.1) is 12.4 Å². The van der Waals surface area contributed by atoms with E-state index in [0.29, 0.717) is 19.5 Å². The largest absolute Gasteiger partial charge is 0.353 e. The Bertz CT molecular complexity index is 210. The molecule has 6 heteroatoms. The molecule has 1 atom stereocenters. The molecule has 0 aromatic rings. The second-order valence-corrected chi connectivity index (χ2v) is 2.75. The van der Waals surface area contributed by atoms with E-state index >= 15 is 0 Å². The number of hydrogen-bond donors (Lipinski definition) is 2. The summed E-state index contributed by atoms with van der Waals surface area (Å²) in [6.45, 7) is 2.86. The maximum atomic E-state index is 11.2. The molecule has 1 fully saturated rings. The van der Waals surface area contributed by atoms with E-state index in [0.717, 1.165) is 0 Å². The van der Waals surface area contributed by atoms with E-state index in [1.807, 2.05) is 6.92 Å². The van der Waals surface area contributed by atoms with Gasteiger partial charge in [-0.25, -0.2) is 4.79 Å². The van der Waals surface area contributed by atoms with Crippen LogP contribution < -0.4 is 11.1 Å². The summed E-state index contributed by atoms with van der Waals surface area (Å²) < 4.78 is 0. The van der Waals surface area contributed by atoms with Gasteiger partial charge in [-0.3, -0.25) is 4.79 Å². The molecule has 1 rings (SSSR count). The van der Waals surface area contributed by atoms with Crippen LogP contribution in [0.25, 0.3) is 0 Å². The number of halogens is 1. The van der Waals surface area contributed by atoms with Crippen molar-refractivity contribution in [1.82, 2.24) is 10.2 Å². The summed E-state index contributed by atoms with van der Waals surface area (Å²) in [5.41, 5.74) is 5.10. The summed E-state index contributed by atoms with van der Waals surface area (Å²) in [7, 11) is 0. The highest BCUT2D eigenvalue weighted by Crippen LogP contribution is 2.07. The number of amides is 3. The Balaban J connectivity index is 0.00000144. The van der Waals surface area contributed by atoms with Gasteiger partial charge in [-0.05, 0) is 6.42 Å². The monoisotopic (exact) mass is 207 g/mol. The Labute approximate surface area is 83.0 Å². The van der Waals surface area contributed by atoms with Crippen LogP contribution in [0.3, 0.4) is 0 Å². The van der Waals surface area contributed by atoms with Crippen LogP contribution in [0.5, 0.6) is 0 Å². The van der Waals surface area contributed by atoms with Gasteiger partial charge in [0.2, 0.25) is 5.91 Å². The van der Waals surface area contributed by atoms with Crippen LogP contribution in [-0.4, -0.2) is 36.0 Å². The van der Waals surface area contributed by atoms with E-state index < -0.39 is 6.03 Å². The zero-order valence-corrected chi connectivity index (χ0v) is 8.26. The number of piperazine rings is 1. The van der Waals surface area contributed by atoms with Crippen LogP contribution in [0.1, 0.15) is 13.3 Å². The summed E-state index contributed by atoms with van der Waals surface area (Å²) >= 11 is 0. The molecule has 0 aliphatic carbocycles. The van der Waals surface area contributed by atoms with Gasteiger partial charge < -0.3 is 16.0 Å². The van der Waals surface area contributed by atoms with Crippen LogP contribution in [0.4, 0.5) is 4.79 Å². The fourth-order valence-electron chi connectivity index (χ4n) is 1.38. The highest BCUT2D eigenvalue weighted by Gasteiger charge is 2.29. The maximum Gasteiger partial charge on any atom is 0.315 e. The highest BCUT2D eigenvalue weighted by atomic mass is 35.5. The van der Waals surface area contributed by atoms with E-state index in [4.69, 9.17) is 5.73 Å². The molecule has 1 saturated heterocycles. The van der Waals surface area contributed by atoms with Gasteiger partial charge in [0.25, 0.3) is 0 Å². The zero-order chi connectivity index (χ0) is 9.14. The quantitative estimate of drug-likeness (QED) is 0.620. The molecule has 1 unspecified atom stereocenters. The van der Waals surface area contributed by atoms with E-state index in [9.17, 15) is 9.59 Å². The van der Waals surface area contributed by atoms with Gasteiger partial charge in [0, 0.05) is 13.1 Å². The number of carbonyl (C=O) groups is 2. The van der Waals surface area contributed by atoms with Crippen molar-refractivity contribution in [3.05, 3.63) is 0 Å². The lowest BCUT2D eigenvalue weighted by atomic mass is 10.1. The molecule has 76 valence electrons. The number of nitrogens with zero attached hydrogens (tertiary/aromatic N) is 1. The van der Waals surface area contributed by atoms with Crippen LogP contribution in [-0.2, 0) is 4.79 Å². The Morgan fingerprint density at radius 3 is 2.77 bits per heavy atom. The summed E-state index contributed by atoms with van der Waals surface area (Å²) in [6.07, 6.45) is 0.606. The predicted octanol–water partition coefficient (Wildman–Crippen LogP) is -0.303. The summed E-state index contributed by atoms with van der Waals surface area (Å²) in [5, 5.41) is 2.68. The van der Waals surface area contributed by atoms with Crippen LogP contribution >= 0.6 is 12.4 Å². The lowest BCUT2D eigenvalue weighted by molar-refractivity contribution is -0.127. The molecule has 13 heavy (non-hydrogen) atoms.